The van der Waals surface area contributed by atoms with Gasteiger partial charge in [-0.05, 0) is 19.1 Å². The molecule has 1 aromatic heterocycles. The summed E-state index contributed by atoms with van der Waals surface area (Å²) in [5.74, 6) is -0.0391. The Bertz CT molecular complexity index is 474. The van der Waals surface area contributed by atoms with E-state index in [-0.39, 0.29) is 0 Å². The summed E-state index contributed by atoms with van der Waals surface area (Å²) in [7, 11) is 1.43. The minimum atomic E-state index is -0.788. The number of imide groups is 1. The Morgan fingerprint density at radius 2 is 2.00 bits per heavy atom. The largest absolute Gasteiger partial charge is 0.479 e. The van der Waals surface area contributed by atoms with Crippen LogP contribution in [0.1, 0.15) is 26.5 Å². The van der Waals surface area contributed by atoms with E-state index < -0.39 is 18.0 Å². The van der Waals surface area contributed by atoms with Gasteiger partial charge < -0.3 is 15.4 Å². The number of rotatable bonds is 6. The summed E-state index contributed by atoms with van der Waals surface area (Å²) in [4.78, 5) is 26.9. The maximum atomic E-state index is 11.6. The summed E-state index contributed by atoms with van der Waals surface area (Å²) in [5.41, 5.74) is 0.888. The van der Waals surface area contributed by atoms with Crippen molar-refractivity contribution in [2.24, 2.45) is 0 Å². The molecule has 0 radical (unpaired) electrons. The minimum Gasteiger partial charge on any atom is -0.479 e. The van der Waals surface area contributed by atoms with E-state index in [9.17, 15) is 9.59 Å². The number of ether oxygens (including phenoxy) is 1. The average Bonchev–Trinajstić information content (AvgIpc) is 2.46. The molecular formula is C14H22N4O3. The quantitative estimate of drug-likeness (QED) is 0.722. The first-order valence-corrected chi connectivity index (χ1v) is 6.80. The van der Waals surface area contributed by atoms with Crippen LogP contribution in [0.5, 0.6) is 5.75 Å². The van der Waals surface area contributed by atoms with Gasteiger partial charge in [0, 0.05) is 19.6 Å². The molecule has 1 atom stereocenters. The van der Waals surface area contributed by atoms with Crippen LogP contribution in [0.2, 0.25) is 0 Å². The smallest absolute Gasteiger partial charge is 0.321 e. The molecule has 7 heteroatoms. The van der Waals surface area contributed by atoms with E-state index in [1.54, 1.807) is 19.2 Å². The summed E-state index contributed by atoms with van der Waals surface area (Å²) < 4.78 is 5.43. The van der Waals surface area contributed by atoms with Crippen molar-refractivity contribution in [1.82, 2.24) is 20.9 Å². The lowest BCUT2D eigenvalue weighted by atomic mass is 10.3. The summed E-state index contributed by atoms with van der Waals surface area (Å²) in [6, 6.07) is 3.39. The summed E-state index contributed by atoms with van der Waals surface area (Å²) in [6.45, 7) is 6.35. The molecule has 1 unspecified atom stereocenters. The molecular weight excluding hydrogens is 272 g/mol. The van der Waals surface area contributed by atoms with Gasteiger partial charge in [0.15, 0.2) is 6.10 Å². The van der Waals surface area contributed by atoms with Crippen LogP contribution in [0.25, 0.3) is 0 Å². The van der Waals surface area contributed by atoms with Gasteiger partial charge in [-0.2, -0.15) is 0 Å². The van der Waals surface area contributed by atoms with Gasteiger partial charge in [-0.3, -0.25) is 15.1 Å². The van der Waals surface area contributed by atoms with E-state index >= 15 is 0 Å². The first kappa shape index (κ1) is 16.9. The standard InChI is InChI=1S/C14H22N4O3/c1-9(2)16-7-11-5-6-12(8-17-11)21-10(3)13(19)18-14(20)15-4/h5-6,8-10,16H,7H2,1-4H3,(H2,15,18,19,20). The molecule has 3 amide bonds. The molecule has 0 fully saturated rings. The number of hydrogen-bond donors (Lipinski definition) is 3. The maximum absolute atomic E-state index is 11.6. The van der Waals surface area contributed by atoms with E-state index in [0.717, 1.165) is 5.69 Å². The number of nitrogens with one attached hydrogen (secondary N) is 3. The lowest BCUT2D eigenvalue weighted by molar-refractivity contribution is -0.126. The number of nitrogens with zero attached hydrogens (tertiary/aromatic N) is 1. The zero-order chi connectivity index (χ0) is 15.8. The Hall–Kier alpha value is -2.15. The number of carbonyl (C=O) groups is 2. The Morgan fingerprint density at radius 1 is 1.29 bits per heavy atom. The third-order valence-electron chi connectivity index (χ3n) is 2.63. The Balaban J connectivity index is 2.51. The van der Waals surface area contributed by atoms with Crippen LogP contribution in [-0.4, -0.2) is 36.1 Å². The Labute approximate surface area is 124 Å². The van der Waals surface area contributed by atoms with E-state index in [1.807, 2.05) is 6.07 Å². The maximum Gasteiger partial charge on any atom is 0.321 e. The topological polar surface area (TPSA) is 92.4 Å². The predicted molar refractivity (Wildman–Crippen MR) is 78.9 cm³/mol. The van der Waals surface area contributed by atoms with Crippen molar-refractivity contribution in [2.45, 2.75) is 39.5 Å². The number of carbonyl (C=O) groups excluding carboxylic acids is 2. The summed E-state index contributed by atoms with van der Waals surface area (Å²) >= 11 is 0. The Morgan fingerprint density at radius 3 is 2.52 bits per heavy atom. The van der Waals surface area contributed by atoms with Crippen LogP contribution < -0.4 is 20.7 Å². The van der Waals surface area contributed by atoms with Crippen LogP contribution >= 0.6 is 0 Å². The first-order valence-electron chi connectivity index (χ1n) is 6.80. The second-order valence-electron chi connectivity index (χ2n) is 4.85. The number of hydrogen-bond acceptors (Lipinski definition) is 5. The number of amides is 3. The van der Waals surface area contributed by atoms with E-state index in [1.165, 1.54) is 7.05 Å². The fourth-order valence-corrected chi connectivity index (χ4v) is 1.43. The molecule has 0 spiro atoms. The molecule has 116 valence electrons. The second kappa shape index (κ2) is 8.21. The van der Waals surface area contributed by atoms with Crippen LogP contribution in [0, 0.1) is 0 Å². The second-order valence-corrected chi connectivity index (χ2v) is 4.85. The van der Waals surface area contributed by atoms with Crippen LogP contribution in [0.4, 0.5) is 4.79 Å². The molecule has 0 saturated heterocycles. The highest BCUT2D eigenvalue weighted by atomic mass is 16.5. The minimum absolute atomic E-state index is 0.385. The van der Waals surface area contributed by atoms with Gasteiger partial charge in [-0.25, -0.2) is 4.79 Å². The highest BCUT2D eigenvalue weighted by Crippen LogP contribution is 2.11. The lowest BCUT2D eigenvalue weighted by Gasteiger charge is -2.14. The average molecular weight is 294 g/mol. The fourth-order valence-electron chi connectivity index (χ4n) is 1.43. The number of urea groups is 1. The van der Waals surface area contributed by atoms with Crippen molar-refractivity contribution in [2.75, 3.05) is 7.05 Å². The van der Waals surface area contributed by atoms with Gasteiger partial charge >= 0.3 is 6.03 Å². The van der Waals surface area contributed by atoms with Gasteiger partial charge in [0.05, 0.1) is 11.9 Å². The van der Waals surface area contributed by atoms with Crippen molar-refractivity contribution in [1.29, 1.82) is 0 Å². The predicted octanol–water partition coefficient (Wildman–Crippen LogP) is 0.802. The molecule has 0 aromatic carbocycles. The van der Waals surface area contributed by atoms with Gasteiger partial charge in [0.1, 0.15) is 5.75 Å². The molecule has 1 heterocycles. The fraction of sp³-hybridized carbons (Fsp3) is 0.500. The van der Waals surface area contributed by atoms with Crippen LogP contribution in [0.15, 0.2) is 18.3 Å². The van der Waals surface area contributed by atoms with E-state index in [0.29, 0.717) is 18.3 Å². The highest BCUT2D eigenvalue weighted by molar-refractivity contribution is 5.96. The molecule has 0 saturated carbocycles. The third kappa shape index (κ3) is 6.22. The molecule has 1 aromatic rings. The van der Waals surface area contributed by atoms with Gasteiger partial charge in [-0.1, -0.05) is 13.8 Å². The van der Waals surface area contributed by atoms with Crippen molar-refractivity contribution in [3.05, 3.63) is 24.0 Å². The van der Waals surface area contributed by atoms with Crippen LogP contribution in [-0.2, 0) is 11.3 Å². The zero-order valence-corrected chi connectivity index (χ0v) is 12.8. The van der Waals surface area contributed by atoms with Gasteiger partial charge in [0.25, 0.3) is 5.91 Å². The molecule has 0 aliphatic carbocycles. The lowest BCUT2D eigenvalue weighted by Crippen LogP contribution is -2.43. The van der Waals surface area contributed by atoms with Gasteiger partial charge in [0.2, 0.25) is 0 Å². The molecule has 7 nitrogen and oxygen atoms in total. The number of aromatic nitrogens is 1. The SMILES string of the molecule is CNC(=O)NC(=O)C(C)Oc1ccc(CNC(C)C)nc1. The third-order valence-corrected chi connectivity index (χ3v) is 2.63. The zero-order valence-electron chi connectivity index (χ0n) is 12.8. The first-order chi connectivity index (χ1) is 9.92. The van der Waals surface area contributed by atoms with Crippen LogP contribution in [0.3, 0.4) is 0 Å². The van der Waals surface area contributed by atoms with Crippen molar-refractivity contribution in [3.63, 3.8) is 0 Å². The van der Waals surface area contributed by atoms with Gasteiger partial charge in [-0.15, -0.1) is 0 Å². The molecule has 0 aliphatic rings. The summed E-state index contributed by atoms with van der Waals surface area (Å²) in [5, 5.41) is 7.71. The van der Waals surface area contributed by atoms with Crippen molar-refractivity contribution < 1.29 is 14.3 Å². The molecule has 3 N–H and O–H groups in total. The Kier molecular flexibility index (Phi) is 6.61. The molecule has 1 rings (SSSR count). The summed E-state index contributed by atoms with van der Waals surface area (Å²) in [6.07, 6.45) is 0.768. The van der Waals surface area contributed by atoms with E-state index in [2.05, 4.69) is 34.8 Å². The van der Waals surface area contributed by atoms with E-state index in [4.69, 9.17) is 4.74 Å². The monoisotopic (exact) mass is 294 g/mol. The van der Waals surface area contributed by atoms with Crippen molar-refractivity contribution in [3.8, 4) is 5.75 Å². The molecule has 21 heavy (non-hydrogen) atoms. The number of pyridine rings is 1. The molecule has 0 bridgehead atoms. The molecule has 0 aliphatic heterocycles. The highest BCUT2D eigenvalue weighted by Gasteiger charge is 2.16. The van der Waals surface area contributed by atoms with Crippen molar-refractivity contribution >= 4 is 11.9 Å². The normalized spacial score (nSPS) is 11.9.